The molecule has 0 aromatic heterocycles. The Hall–Kier alpha value is -1.26. The SMILES string of the molecule is CC(C)(C)NC(=O)C1COC(=O)O1. The van der Waals surface area contributed by atoms with Gasteiger partial charge in [-0.25, -0.2) is 4.79 Å². The minimum absolute atomic E-state index is 0.000741. The van der Waals surface area contributed by atoms with Gasteiger partial charge in [-0.05, 0) is 20.8 Å². The first kappa shape index (κ1) is 9.83. The quantitative estimate of drug-likeness (QED) is 0.605. The first-order valence-electron chi connectivity index (χ1n) is 4.04. The molecule has 1 rings (SSSR count). The van der Waals surface area contributed by atoms with Crippen LogP contribution in [0.3, 0.4) is 0 Å². The van der Waals surface area contributed by atoms with Gasteiger partial charge in [0.2, 0.25) is 6.10 Å². The molecule has 1 amide bonds. The zero-order chi connectivity index (χ0) is 10.1. The monoisotopic (exact) mass is 187 g/mol. The lowest BCUT2D eigenvalue weighted by Gasteiger charge is -2.21. The highest BCUT2D eigenvalue weighted by atomic mass is 16.8. The molecule has 1 aliphatic heterocycles. The minimum Gasteiger partial charge on any atom is -0.430 e. The van der Waals surface area contributed by atoms with E-state index < -0.39 is 12.3 Å². The van der Waals surface area contributed by atoms with Gasteiger partial charge in [-0.1, -0.05) is 0 Å². The molecule has 0 bridgehead atoms. The maximum Gasteiger partial charge on any atom is 0.509 e. The lowest BCUT2D eigenvalue weighted by Crippen LogP contribution is -2.46. The Morgan fingerprint density at radius 1 is 1.54 bits per heavy atom. The van der Waals surface area contributed by atoms with Crippen LogP contribution in [0.5, 0.6) is 0 Å². The molecular formula is C8H13NO4. The van der Waals surface area contributed by atoms with Gasteiger partial charge in [0.1, 0.15) is 6.61 Å². The lowest BCUT2D eigenvalue weighted by atomic mass is 10.1. The summed E-state index contributed by atoms with van der Waals surface area (Å²) in [5.41, 5.74) is -0.327. The summed E-state index contributed by atoms with van der Waals surface area (Å²) in [4.78, 5) is 21.8. The van der Waals surface area contributed by atoms with Crippen molar-refractivity contribution in [1.29, 1.82) is 0 Å². The molecule has 1 aliphatic rings. The fraction of sp³-hybridized carbons (Fsp3) is 0.750. The summed E-state index contributed by atoms with van der Waals surface area (Å²) in [5.74, 6) is -0.321. The van der Waals surface area contributed by atoms with Crippen LogP contribution >= 0.6 is 0 Å². The summed E-state index contributed by atoms with van der Waals surface area (Å²) in [6.45, 7) is 5.55. The standard InChI is InChI=1S/C8H13NO4/c1-8(2,3)9-6(10)5-4-12-7(11)13-5/h5H,4H2,1-3H3,(H,9,10). The molecule has 0 aromatic rings. The molecule has 1 N–H and O–H groups in total. The van der Waals surface area contributed by atoms with E-state index in [4.69, 9.17) is 0 Å². The van der Waals surface area contributed by atoms with E-state index in [0.29, 0.717) is 0 Å². The van der Waals surface area contributed by atoms with E-state index in [0.717, 1.165) is 0 Å². The van der Waals surface area contributed by atoms with Crippen LogP contribution in [0, 0.1) is 0 Å². The highest BCUT2D eigenvalue weighted by Crippen LogP contribution is 2.08. The van der Waals surface area contributed by atoms with E-state index in [-0.39, 0.29) is 18.1 Å². The average molecular weight is 187 g/mol. The summed E-state index contributed by atoms with van der Waals surface area (Å²) < 4.78 is 9.07. The van der Waals surface area contributed by atoms with Gasteiger partial charge in [-0.3, -0.25) is 4.79 Å². The number of rotatable bonds is 1. The highest BCUT2D eigenvalue weighted by Gasteiger charge is 2.33. The van der Waals surface area contributed by atoms with Crippen LogP contribution in [-0.2, 0) is 14.3 Å². The average Bonchev–Trinajstić information content (AvgIpc) is 2.31. The number of cyclic esters (lactones) is 2. The van der Waals surface area contributed by atoms with Crippen LogP contribution in [0.25, 0.3) is 0 Å². The van der Waals surface area contributed by atoms with Crippen molar-refractivity contribution in [2.24, 2.45) is 0 Å². The molecule has 13 heavy (non-hydrogen) atoms. The van der Waals surface area contributed by atoms with E-state index in [1.165, 1.54) is 0 Å². The highest BCUT2D eigenvalue weighted by molar-refractivity contribution is 5.84. The van der Waals surface area contributed by atoms with Crippen molar-refractivity contribution in [3.63, 3.8) is 0 Å². The number of amides is 1. The molecule has 1 unspecified atom stereocenters. The molecule has 0 aliphatic carbocycles. The van der Waals surface area contributed by atoms with Crippen LogP contribution in [0.4, 0.5) is 4.79 Å². The summed E-state index contributed by atoms with van der Waals surface area (Å²) in [7, 11) is 0. The maximum atomic E-state index is 11.3. The van der Waals surface area contributed by atoms with Gasteiger partial charge in [-0.2, -0.15) is 0 Å². The van der Waals surface area contributed by atoms with Crippen LogP contribution in [-0.4, -0.2) is 30.3 Å². The Balaban J connectivity index is 2.45. The Morgan fingerprint density at radius 2 is 2.15 bits per heavy atom. The van der Waals surface area contributed by atoms with Crippen LogP contribution in [0.2, 0.25) is 0 Å². The van der Waals surface area contributed by atoms with Crippen LogP contribution in [0.15, 0.2) is 0 Å². The third-order valence-electron chi connectivity index (χ3n) is 1.38. The number of carbonyl (C=O) groups is 2. The van der Waals surface area contributed by atoms with Crippen molar-refractivity contribution in [3.8, 4) is 0 Å². The molecule has 1 fully saturated rings. The van der Waals surface area contributed by atoms with Crippen molar-refractivity contribution >= 4 is 12.1 Å². The molecule has 0 spiro atoms. The molecular weight excluding hydrogens is 174 g/mol. The van der Waals surface area contributed by atoms with E-state index in [9.17, 15) is 9.59 Å². The van der Waals surface area contributed by atoms with Gasteiger partial charge < -0.3 is 14.8 Å². The van der Waals surface area contributed by atoms with Gasteiger partial charge in [0.05, 0.1) is 0 Å². The maximum absolute atomic E-state index is 11.3. The molecule has 0 aromatic carbocycles. The Labute approximate surface area is 76.4 Å². The molecule has 1 heterocycles. The predicted octanol–water partition coefficient (Wildman–Crippen LogP) is 0.436. The topological polar surface area (TPSA) is 64.6 Å². The summed E-state index contributed by atoms with van der Waals surface area (Å²) in [6.07, 6.45) is -1.58. The first-order valence-corrected chi connectivity index (χ1v) is 4.04. The largest absolute Gasteiger partial charge is 0.509 e. The van der Waals surface area contributed by atoms with Crippen molar-refractivity contribution < 1.29 is 19.1 Å². The summed E-state index contributed by atoms with van der Waals surface area (Å²) in [5, 5.41) is 2.69. The van der Waals surface area contributed by atoms with E-state index >= 15 is 0 Å². The second-order valence-electron chi connectivity index (χ2n) is 3.91. The second kappa shape index (κ2) is 3.24. The summed E-state index contributed by atoms with van der Waals surface area (Å²) in [6, 6.07) is 0. The predicted molar refractivity (Wildman–Crippen MR) is 44.1 cm³/mol. The minimum atomic E-state index is -0.799. The number of hydrogen-bond acceptors (Lipinski definition) is 4. The first-order chi connectivity index (χ1) is 5.88. The van der Waals surface area contributed by atoms with Crippen molar-refractivity contribution in [2.75, 3.05) is 6.61 Å². The van der Waals surface area contributed by atoms with Crippen molar-refractivity contribution in [2.45, 2.75) is 32.4 Å². The number of nitrogens with one attached hydrogen (secondary N) is 1. The second-order valence-corrected chi connectivity index (χ2v) is 3.91. The van der Waals surface area contributed by atoms with Gasteiger partial charge in [0.25, 0.3) is 5.91 Å². The molecule has 1 atom stereocenters. The van der Waals surface area contributed by atoms with Crippen molar-refractivity contribution in [1.82, 2.24) is 5.32 Å². The molecule has 1 saturated heterocycles. The van der Waals surface area contributed by atoms with Gasteiger partial charge in [0, 0.05) is 5.54 Å². The fourth-order valence-corrected chi connectivity index (χ4v) is 0.907. The smallest absolute Gasteiger partial charge is 0.430 e. The Morgan fingerprint density at radius 3 is 2.54 bits per heavy atom. The van der Waals surface area contributed by atoms with Gasteiger partial charge >= 0.3 is 6.16 Å². The number of ether oxygens (including phenoxy) is 2. The third-order valence-corrected chi connectivity index (χ3v) is 1.38. The zero-order valence-electron chi connectivity index (χ0n) is 7.92. The van der Waals surface area contributed by atoms with E-state index in [1.54, 1.807) is 0 Å². The van der Waals surface area contributed by atoms with E-state index in [2.05, 4.69) is 14.8 Å². The summed E-state index contributed by atoms with van der Waals surface area (Å²) >= 11 is 0. The van der Waals surface area contributed by atoms with Gasteiger partial charge in [-0.15, -0.1) is 0 Å². The Bertz CT molecular complexity index is 231. The number of hydrogen-bond donors (Lipinski definition) is 1. The molecule has 5 heteroatoms. The third kappa shape index (κ3) is 2.93. The zero-order valence-corrected chi connectivity index (χ0v) is 7.92. The number of carbonyl (C=O) groups excluding carboxylic acids is 2. The van der Waals surface area contributed by atoms with E-state index in [1.807, 2.05) is 20.8 Å². The molecule has 5 nitrogen and oxygen atoms in total. The van der Waals surface area contributed by atoms with Gasteiger partial charge in [0.15, 0.2) is 0 Å². The Kier molecular flexibility index (Phi) is 2.45. The molecule has 0 saturated carbocycles. The van der Waals surface area contributed by atoms with Crippen molar-refractivity contribution in [3.05, 3.63) is 0 Å². The fourth-order valence-electron chi connectivity index (χ4n) is 0.907. The van der Waals surface area contributed by atoms with Crippen LogP contribution in [0.1, 0.15) is 20.8 Å². The lowest BCUT2D eigenvalue weighted by molar-refractivity contribution is -0.129. The normalized spacial score (nSPS) is 22.1. The molecule has 74 valence electrons. The molecule has 0 radical (unpaired) electrons. The van der Waals surface area contributed by atoms with Crippen LogP contribution < -0.4 is 5.32 Å².